The van der Waals surface area contributed by atoms with Gasteiger partial charge in [0, 0.05) is 12.6 Å². The van der Waals surface area contributed by atoms with Gasteiger partial charge < -0.3 is 20.3 Å². The summed E-state index contributed by atoms with van der Waals surface area (Å²) in [5, 5.41) is 25.3. The maximum absolute atomic E-state index is 11.3. The average molecular weight is 282 g/mol. The lowest BCUT2D eigenvalue weighted by atomic mass is 10.1. The summed E-state index contributed by atoms with van der Waals surface area (Å²) < 4.78 is 4.74. The van der Waals surface area contributed by atoms with Crippen LogP contribution in [0.2, 0.25) is 0 Å². The zero-order valence-electron chi connectivity index (χ0n) is 12.0. The van der Waals surface area contributed by atoms with Crippen LogP contribution in [0, 0.1) is 0 Å². The van der Waals surface area contributed by atoms with E-state index in [1.165, 1.54) is 12.1 Å². The number of phenolic OH excluding ortho intramolecular Hbond substituents is 1. The van der Waals surface area contributed by atoms with E-state index in [2.05, 4.69) is 10.6 Å². The summed E-state index contributed by atoms with van der Waals surface area (Å²) in [6.07, 6.45) is -1.37. The van der Waals surface area contributed by atoms with Gasteiger partial charge in [-0.1, -0.05) is 19.9 Å². The molecule has 6 heteroatoms. The Morgan fingerprint density at radius 2 is 2.10 bits per heavy atom. The molecule has 0 aliphatic carbocycles. The molecule has 1 aromatic rings. The summed E-state index contributed by atoms with van der Waals surface area (Å²) in [5.74, 6) is -0.0779. The molecule has 0 aliphatic rings. The van der Waals surface area contributed by atoms with E-state index in [1.54, 1.807) is 13.0 Å². The van der Waals surface area contributed by atoms with Crippen molar-refractivity contribution in [1.82, 2.24) is 5.32 Å². The molecular weight excluding hydrogens is 260 g/mol. The number of aliphatic hydroxyl groups excluding tert-OH is 1. The van der Waals surface area contributed by atoms with Gasteiger partial charge >= 0.3 is 6.09 Å². The molecule has 0 aliphatic heterocycles. The fourth-order valence-corrected chi connectivity index (χ4v) is 1.60. The number of nitrogens with one attached hydrogen (secondary N) is 2. The van der Waals surface area contributed by atoms with Crippen LogP contribution in [0.1, 0.15) is 32.4 Å². The second kappa shape index (κ2) is 7.72. The summed E-state index contributed by atoms with van der Waals surface area (Å²) >= 11 is 0. The van der Waals surface area contributed by atoms with Crippen molar-refractivity contribution < 1.29 is 19.7 Å². The van der Waals surface area contributed by atoms with Crippen molar-refractivity contribution in [2.24, 2.45) is 0 Å². The van der Waals surface area contributed by atoms with Gasteiger partial charge in [0.25, 0.3) is 0 Å². The number of carbonyl (C=O) groups excluding carboxylic acids is 1. The van der Waals surface area contributed by atoms with Crippen LogP contribution in [0.3, 0.4) is 0 Å². The molecule has 1 amide bonds. The van der Waals surface area contributed by atoms with E-state index in [1.807, 2.05) is 13.8 Å². The van der Waals surface area contributed by atoms with Crippen LogP contribution < -0.4 is 10.6 Å². The number of amides is 1. The SMILES string of the molecule is CCOC(=O)Nc1cc(C(O)CNC(C)C)ccc1O. The van der Waals surface area contributed by atoms with Gasteiger partial charge in [0.15, 0.2) is 0 Å². The molecule has 112 valence electrons. The van der Waals surface area contributed by atoms with E-state index in [0.29, 0.717) is 12.1 Å². The van der Waals surface area contributed by atoms with Gasteiger partial charge in [-0.15, -0.1) is 0 Å². The Kier molecular flexibility index (Phi) is 6.27. The maximum atomic E-state index is 11.3. The van der Waals surface area contributed by atoms with Gasteiger partial charge in [0.1, 0.15) is 5.75 Å². The molecule has 0 saturated heterocycles. The number of aliphatic hydroxyl groups is 1. The molecule has 0 saturated carbocycles. The summed E-state index contributed by atoms with van der Waals surface area (Å²) in [5.41, 5.74) is 0.812. The third kappa shape index (κ3) is 5.07. The normalized spacial score (nSPS) is 12.2. The van der Waals surface area contributed by atoms with E-state index >= 15 is 0 Å². The van der Waals surface area contributed by atoms with E-state index in [4.69, 9.17) is 4.74 Å². The highest BCUT2D eigenvalue weighted by molar-refractivity contribution is 5.86. The molecule has 6 nitrogen and oxygen atoms in total. The van der Waals surface area contributed by atoms with Crippen LogP contribution in [-0.4, -0.2) is 35.5 Å². The van der Waals surface area contributed by atoms with Crippen LogP contribution in [-0.2, 0) is 4.74 Å². The molecule has 1 unspecified atom stereocenters. The predicted molar refractivity (Wildman–Crippen MR) is 76.9 cm³/mol. The standard InChI is InChI=1S/C14H22N2O4/c1-4-20-14(19)16-11-7-10(5-6-12(11)17)13(18)8-15-9(2)3/h5-7,9,13,15,17-18H,4,8H2,1-3H3,(H,16,19). The first kappa shape index (κ1) is 16.3. The number of ether oxygens (including phenoxy) is 1. The topological polar surface area (TPSA) is 90.8 Å². The van der Waals surface area contributed by atoms with Crippen molar-refractivity contribution in [1.29, 1.82) is 0 Å². The monoisotopic (exact) mass is 282 g/mol. The predicted octanol–water partition coefficient (Wildman–Crippen LogP) is 1.99. The van der Waals surface area contributed by atoms with Crippen molar-refractivity contribution in [3.8, 4) is 5.75 Å². The van der Waals surface area contributed by atoms with Crippen molar-refractivity contribution in [3.05, 3.63) is 23.8 Å². The first-order chi connectivity index (χ1) is 9.43. The first-order valence-electron chi connectivity index (χ1n) is 6.62. The summed E-state index contributed by atoms with van der Waals surface area (Å²) in [7, 11) is 0. The first-order valence-corrected chi connectivity index (χ1v) is 6.62. The molecule has 0 fully saturated rings. The molecule has 0 spiro atoms. The van der Waals surface area contributed by atoms with Crippen LogP contribution in [0.15, 0.2) is 18.2 Å². The van der Waals surface area contributed by atoms with E-state index in [9.17, 15) is 15.0 Å². The molecule has 0 radical (unpaired) electrons. The van der Waals surface area contributed by atoms with Gasteiger partial charge in [-0.3, -0.25) is 5.32 Å². The Hall–Kier alpha value is -1.79. The van der Waals surface area contributed by atoms with Gasteiger partial charge in [-0.05, 0) is 24.6 Å². The Bertz CT molecular complexity index is 449. The number of carbonyl (C=O) groups is 1. The molecule has 4 N–H and O–H groups in total. The van der Waals surface area contributed by atoms with Crippen LogP contribution in [0.4, 0.5) is 10.5 Å². The highest BCUT2D eigenvalue weighted by Crippen LogP contribution is 2.27. The van der Waals surface area contributed by atoms with Crippen molar-refractivity contribution >= 4 is 11.8 Å². The van der Waals surface area contributed by atoms with Gasteiger partial charge in [0.2, 0.25) is 0 Å². The number of hydrogen-bond acceptors (Lipinski definition) is 5. The second-order valence-electron chi connectivity index (χ2n) is 4.70. The van der Waals surface area contributed by atoms with Crippen molar-refractivity contribution in [2.45, 2.75) is 32.9 Å². The fraction of sp³-hybridized carbons (Fsp3) is 0.500. The third-order valence-corrected chi connectivity index (χ3v) is 2.64. The minimum absolute atomic E-state index is 0.0779. The van der Waals surface area contributed by atoms with Crippen LogP contribution in [0.5, 0.6) is 5.75 Å². The number of phenols is 1. The lowest BCUT2D eigenvalue weighted by Gasteiger charge is -2.16. The largest absolute Gasteiger partial charge is 0.506 e. The zero-order chi connectivity index (χ0) is 15.1. The van der Waals surface area contributed by atoms with E-state index < -0.39 is 12.2 Å². The Morgan fingerprint density at radius 3 is 2.70 bits per heavy atom. The number of benzene rings is 1. The smallest absolute Gasteiger partial charge is 0.411 e. The quantitative estimate of drug-likeness (QED) is 0.599. The number of hydrogen-bond donors (Lipinski definition) is 4. The minimum atomic E-state index is -0.722. The highest BCUT2D eigenvalue weighted by Gasteiger charge is 2.12. The lowest BCUT2D eigenvalue weighted by molar-refractivity contribution is 0.167. The van der Waals surface area contributed by atoms with Crippen molar-refractivity contribution in [3.63, 3.8) is 0 Å². The molecule has 1 atom stereocenters. The Balaban J connectivity index is 2.77. The second-order valence-corrected chi connectivity index (χ2v) is 4.70. The molecular formula is C14H22N2O4. The summed E-state index contributed by atoms with van der Waals surface area (Å²) in [6, 6.07) is 4.83. The van der Waals surface area contributed by atoms with Gasteiger partial charge in [-0.25, -0.2) is 4.79 Å². The Morgan fingerprint density at radius 1 is 1.40 bits per heavy atom. The Labute approximate surface area is 118 Å². The molecule has 0 bridgehead atoms. The number of aromatic hydroxyl groups is 1. The number of rotatable bonds is 6. The van der Waals surface area contributed by atoms with E-state index in [0.717, 1.165) is 0 Å². The zero-order valence-corrected chi connectivity index (χ0v) is 12.0. The average Bonchev–Trinajstić information content (AvgIpc) is 2.38. The molecule has 1 aromatic carbocycles. The maximum Gasteiger partial charge on any atom is 0.411 e. The summed E-state index contributed by atoms with van der Waals surface area (Å²) in [4.78, 5) is 11.3. The fourth-order valence-electron chi connectivity index (χ4n) is 1.60. The minimum Gasteiger partial charge on any atom is -0.506 e. The van der Waals surface area contributed by atoms with Gasteiger partial charge in [-0.2, -0.15) is 0 Å². The molecule has 0 heterocycles. The summed E-state index contributed by atoms with van der Waals surface area (Å²) in [6.45, 7) is 6.29. The van der Waals surface area contributed by atoms with Crippen LogP contribution >= 0.6 is 0 Å². The third-order valence-electron chi connectivity index (χ3n) is 2.64. The van der Waals surface area contributed by atoms with Gasteiger partial charge in [0.05, 0.1) is 18.4 Å². The van der Waals surface area contributed by atoms with Crippen molar-refractivity contribution in [2.75, 3.05) is 18.5 Å². The molecule has 20 heavy (non-hydrogen) atoms. The van der Waals surface area contributed by atoms with E-state index in [-0.39, 0.29) is 24.1 Å². The highest BCUT2D eigenvalue weighted by atomic mass is 16.5. The molecule has 1 rings (SSSR count). The molecule has 0 aromatic heterocycles. The number of anilines is 1. The lowest BCUT2D eigenvalue weighted by Crippen LogP contribution is -2.27. The van der Waals surface area contributed by atoms with Crippen LogP contribution in [0.25, 0.3) is 0 Å².